The van der Waals surface area contributed by atoms with Gasteiger partial charge in [0.15, 0.2) is 0 Å². The number of hydrogen-bond acceptors (Lipinski definition) is 5. The maximum Gasteiger partial charge on any atom is 0.411 e. The quantitative estimate of drug-likeness (QED) is 0.476. The SMILES string of the molecule is CC(C)(C)[C@H](NC(=O)Cn1cc(NC(=O)OCC2c3ccccc3-c3ccccc32)cn1)C(=O)O. The first-order chi connectivity index (χ1) is 16.6. The summed E-state index contributed by atoms with van der Waals surface area (Å²) >= 11 is 0. The molecule has 2 aromatic carbocycles. The molecule has 0 radical (unpaired) electrons. The molecule has 3 aromatic rings. The van der Waals surface area contributed by atoms with Crippen LogP contribution in [0.5, 0.6) is 0 Å². The highest BCUT2D eigenvalue weighted by Crippen LogP contribution is 2.44. The van der Waals surface area contributed by atoms with Crippen molar-refractivity contribution in [2.24, 2.45) is 5.41 Å². The molecule has 0 aliphatic heterocycles. The van der Waals surface area contributed by atoms with Gasteiger partial charge in [0.1, 0.15) is 19.2 Å². The van der Waals surface area contributed by atoms with E-state index in [0.717, 1.165) is 22.3 Å². The van der Waals surface area contributed by atoms with E-state index in [4.69, 9.17) is 4.74 Å². The van der Waals surface area contributed by atoms with Crippen LogP contribution in [0.25, 0.3) is 11.1 Å². The number of carboxylic acids is 1. The van der Waals surface area contributed by atoms with E-state index in [1.54, 1.807) is 20.8 Å². The molecule has 35 heavy (non-hydrogen) atoms. The van der Waals surface area contributed by atoms with Gasteiger partial charge in [0.05, 0.1) is 11.9 Å². The van der Waals surface area contributed by atoms with Crippen LogP contribution in [0.4, 0.5) is 10.5 Å². The number of fused-ring (bicyclic) bond motifs is 3. The van der Waals surface area contributed by atoms with Gasteiger partial charge in [0, 0.05) is 12.1 Å². The lowest BCUT2D eigenvalue weighted by atomic mass is 9.87. The van der Waals surface area contributed by atoms with Gasteiger partial charge in [-0.1, -0.05) is 69.3 Å². The first kappa shape index (κ1) is 24.0. The fraction of sp³-hybridized carbons (Fsp3) is 0.308. The smallest absolute Gasteiger partial charge is 0.411 e. The van der Waals surface area contributed by atoms with Gasteiger partial charge in [-0.2, -0.15) is 5.10 Å². The van der Waals surface area contributed by atoms with E-state index in [1.165, 1.54) is 17.1 Å². The summed E-state index contributed by atoms with van der Waals surface area (Å²) in [6, 6.07) is 15.1. The van der Waals surface area contributed by atoms with Crippen LogP contribution < -0.4 is 10.6 Å². The minimum Gasteiger partial charge on any atom is -0.480 e. The van der Waals surface area contributed by atoms with Crippen molar-refractivity contribution in [3.8, 4) is 11.1 Å². The summed E-state index contributed by atoms with van der Waals surface area (Å²) < 4.78 is 6.83. The Morgan fingerprint density at radius 1 is 1.06 bits per heavy atom. The van der Waals surface area contributed by atoms with Gasteiger partial charge in [-0.15, -0.1) is 0 Å². The maximum absolute atomic E-state index is 12.4. The summed E-state index contributed by atoms with van der Waals surface area (Å²) in [5.41, 5.74) is 4.25. The molecule has 0 fully saturated rings. The van der Waals surface area contributed by atoms with Crippen molar-refractivity contribution in [2.75, 3.05) is 11.9 Å². The zero-order chi connectivity index (χ0) is 25.2. The van der Waals surface area contributed by atoms with Gasteiger partial charge < -0.3 is 15.2 Å². The topological polar surface area (TPSA) is 123 Å². The highest BCUT2D eigenvalue weighted by atomic mass is 16.5. The Hall–Kier alpha value is -4.14. The van der Waals surface area contributed by atoms with Crippen LogP contribution in [0.3, 0.4) is 0 Å². The number of aliphatic carboxylic acids is 1. The summed E-state index contributed by atoms with van der Waals surface area (Å²) in [6.45, 7) is 5.19. The monoisotopic (exact) mass is 476 g/mol. The van der Waals surface area contributed by atoms with Crippen molar-refractivity contribution in [1.29, 1.82) is 0 Å². The number of carbonyl (C=O) groups excluding carboxylic acids is 2. The minimum absolute atomic E-state index is 0.0513. The Balaban J connectivity index is 1.33. The number of hydrogen-bond donors (Lipinski definition) is 3. The number of benzene rings is 2. The molecule has 0 saturated carbocycles. The zero-order valence-electron chi connectivity index (χ0n) is 19.8. The lowest BCUT2D eigenvalue weighted by Gasteiger charge is -2.27. The highest BCUT2D eigenvalue weighted by Gasteiger charge is 2.32. The molecule has 9 nitrogen and oxygen atoms in total. The van der Waals surface area contributed by atoms with E-state index in [-0.39, 0.29) is 19.1 Å². The highest BCUT2D eigenvalue weighted by molar-refractivity contribution is 5.85. The van der Waals surface area contributed by atoms with Crippen molar-refractivity contribution in [2.45, 2.75) is 39.3 Å². The van der Waals surface area contributed by atoms with Gasteiger partial charge >= 0.3 is 12.1 Å². The molecule has 1 aromatic heterocycles. The summed E-state index contributed by atoms with van der Waals surface area (Å²) in [5, 5.41) is 18.6. The third-order valence-electron chi connectivity index (χ3n) is 5.95. The number of nitrogens with one attached hydrogen (secondary N) is 2. The van der Waals surface area contributed by atoms with Crippen LogP contribution in [-0.2, 0) is 20.9 Å². The number of carbonyl (C=O) groups is 3. The summed E-state index contributed by atoms with van der Waals surface area (Å²) in [5.74, 6) is -1.66. The average molecular weight is 477 g/mol. The third kappa shape index (κ3) is 5.34. The van der Waals surface area contributed by atoms with Crippen molar-refractivity contribution in [3.05, 3.63) is 72.1 Å². The van der Waals surface area contributed by atoms with E-state index in [1.807, 2.05) is 36.4 Å². The third-order valence-corrected chi connectivity index (χ3v) is 5.95. The molecule has 0 spiro atoms. The minimum atomic E-state index is -1.11. The van der Waals surface area contributed by atoms with E-state index in [9.17, 15) is 19.5 Å². The predicted molar refractivity (Wildman–Crippen MR) is 130 cm³/mol. The Morgan fingerprint density at radius 2 is 1.66 bits per heavy atom. The van der Waals surface area contributed by atoms with Gasteiger partial charge in [-0.3, -0.25) is 14.8 Å². The molecule has 1 atom stereocenters. The molecule has 1 heterocycles. The van der Waals surface area contributed by atoms with Gasteiger partial charge in [-0.25, -0.2) is 9.59 Å². The molecule has 0 saturated heterocycles. The first-order valence-corrected chi connectivity index (χ1v) is 11.3. The molecule has 4 rings (SSSR count). The van der Waals surface area contributed by atoms with Gasteiger partial charge in [-0.05, 0) is 27.7 Å². The average Bonchev–Trinajstić information content (AvgIpc) is 3.37. The van der Waals surface area contributed by atoms with Crippen molar-refractivity contribution >= 4 is 23.7 Å². The number of ether oxygens (including phenoxy) is 1. The van der Waals surface area contributed by atoms with Crippen LogP contribution in [0, 0.1) is 5.41 Å². The Bertz CT molecular complexity index is 1210. The lowest BCUT2D eigenvalue weighted by Crippen LogP contribution is -2.50. The Labute approximate surface area is 203 Å². The second-order valence-corrected chi connectivity index (χ2v) is 9.58. The van der Waals surface area contributed by atoms with Crippen molar-refractivity contribution in [3.63, 3.8) is 0 Å². The maximum atomic E-state index is 12.4. The lowest BCUT2D eigenvalue weighted by molar-refractivity contribution is -0.145. The summed E-state index contributed by atoms with van der Waals surface area (Å²) in [4.78, 5) is 36.2. The Kier molecular flexibility index (Phi) is 6.59. The van der Waals surface area contributed by atoms with Gasteiger partial charge in [0.25, 0.3) is 0 Å². The van der Waals surface area contributed by atoms with Crippen LogP contribution in [0.15, 0.2) is 60.9 Å². The largest absolute Gasteiger partial charge is 0.480 e. The Morgan fingerprint density at radius 3 is 2.23 bits per heavy atom. The van der Waals surface area contributed by atoms with Crippen molar-refractivity contribution < 1.29 is 24.2 Å². The molecule has 2 amide bonds. The number of amides is 2. The summed E-state index contributed by atoms with van der Waals surface area (Å²) in [7, 11) is 0. The number of anilines is 1. The summed E-state index contributed by atoms with van der Waals surface area (Å²) in [6.07, 6.45) is 2.25. The van der Waals surface area contributed by atoms with Crippen LogP contribution >= 0.6 is 0 Å². The zero-order valence-corrected chi connectivity index (χ0v) is 19.8. The molecule has 1 aliphatic rings. The van der Waals surface area contributed by atoms with Crippen LogP contribution in [0.1, 0.15) is 37.8 Å². The normalized spacial score (nSPS) is 13.5. The molecule has 1 aliphatic carbocycles. The van der Waals surface area contributed by atoms with Crippen molar-refractivity contribution in [1.82, 2.24) is 15.1 Å². The van der Waals surface area contributed by atoms with Gasteiger partial charge in [0.2, 0.25) is 5.91 Å². The second-order valence-electron chi connectivity index (χ2n) is 9.58. The molecule has 3 N–H and O–H groups in total. The fourth-order valence-electron chi connectivity index (χ4n) is 4.27. The molecule has 9 heteroatoms. The van der Waals surface area contributed by atoms with E-state index in [2.05, 4.69) is 27.9 Å². The molecule has 0 unspecified atom stereocenters. The predicted octanol–water partition coefficient (Wildman–Crippen LogP) is 3.86. The van der Waals surface area contributed by atoms with Crippen LogP contribution in [0.2, 0.25) is 0 Å². The number of aromatic nitrogens is 2. The molecule has 0 bridgehead atoms. The number of rotatable bonds is 7. The molecular weight excluding hydrogens is 448 g/mol. The van der Waals surface area contributed by atoms with E-state index in [0.29, 0.717) is 5.69 Å². The second kappa shape index (κ2) is 9.61. The first-order valence-electron chi connectivity index (χ1n) is 11.3. The standard InChI is InChI=1S/C26H28N4O5/c1-26(2,3)23(24(32)33)29-22(31)14-30-13-16(12-27-30)28-25(34)35-15-21-19-10-6-4-8-17(19)18-9-5-7-11-20(18)21/h4-13,21,23H,14-15H2,1-3H3,(H,28,34)(H,29,31)(H,32,33)/t23-/m1/s1. The number of carboxylic acid groups (broad SMARTS) is 1. The molecule has 182 valence electrons. The van der Waals surface area contributed by atoms with E-state index >= 15 is 0 Å². The molecular formula is C26H28N4O5. The van der Waals surface area contributed by atoms with E-state index < -0.39 is 29.4 Å². The van der Waals surface area contributed by atoms with Crippen LogP contribution in [-0.4, -0.2) is 45.5 Å². The fourth-order valence-corrected chi connectivity index (χ4v) is 4.27. The number of nitrogens with zero attached hydrogens (tertiary/aromatic N) is 2.